The summed E-state index contributed by atoms with van der Waals surface area (Å²) in [6, 6.07) is 10.7. The normalized spacial score (nSPS) is 39.2. The van der Waals surface area contributed by atoms with Gasteiger partial charge in [-0.15, -0.1) is 0 Å². The van der Waals surface area contributed by atoms with Crippen LogP contribution in [-0.4, -0.2) is 18.9 Å². The molecule has 0 radical (unpaired) electrons. The zero-order chi connectivity index (χ0) is 20.0. The Kier molecular flexibility index (Phi) is 6.23. The maximum Gasteiger partial charge on any atom is 0.128 e. The van der Waals surface area contributed by atoms with E-state index < -0.39 is 14.0 Å². The first-order chi connectivity index (χ1) is 11.6. The predicted molar refractivity (Wildman–Crippen MR) is 142 cm³/mol. The van der Waals surface area contributed by atoms with E-state index in [-0.39, 0.29) is 15.7 Å². The number of allylic oxidation sites excluding steroid dienone is 2. The number of rotatable bonds is 1. The minimum absolute atomic E-state index is 0.0437. The summed E-state index contributed by atoms with van der Waals surface area (Å²) >= 11 is 32.0. The first-order valence-electron chi connectivity index (χ1n) is 7.86. The predicted octanol–water partition coefficient (Wildman–Crippen LogP) is 9.28. The Bertz CT molecular complexity index is 767. The van der Waals surface area contributed by atoms with E-state index in [4.69, 9.17) is 0 Å². The van der Waals surface area contributed by atoms with Crippen molar-refractivity contribution in [2.45, 2.75) is 45.0 Å². The van der Waals surface area contributed by atoms with Crippen LogP contribution >= 0.6 is 127 Å². The molecular formula is C18H16Br8. The van der Waals surface area contributed by atoms with E-state index in [1.54, 1.807) is 0 Å². The van der Waals surface area contributed by atoms with Crippen LogP contribution < -0.4 is 0 Å². The molecule has 2 aliphatic rings. The SMILES string of the molecule is CC1(c2ccccc2)C2=CC(Br)C(Br)(Br)C(Br)(Br)C2(Br)C(Br)(Br)C1(C)C. The summed E-state index contributed by atoms with van der Waals surface area (Å²) in [6.45, 7) is 6.93. The molecule has 1 aromatic rings. The fourth-order valence-corrected chi connectivity index (χ4v) is 12.5. The summed E-state index contributed by atoms with van der Waals surface area (Å²) in [5.74, 6) is 0. The van der Waals surface area contributed by atoms with Crippen molar-refractivity contribution in [1.29, 1.82) is 0 Å². The second-order valence-corrected chi connectivity index (χ2v) is 20.2. The number of benzene rings is 1. The molecule has 0 nitrogen and oxygen atoms in total. The third-order valence-electron chi connectivity index (χ3n) is 6.24. The summed E-state index contributed by atoms with van der Waals surface area (Å²) < 4.78 is -2.04. The lowest BCUT2D eigenvalue weighted by Crippen LogP contribution is -2.64. The number of hydrogen-bond acceptors (Lipinski definition) is 0. The molecule has 1 saturated carbocycles. The van der Waals surface area contributed by atoms with Gasteiger partial charge in [0.25, 0.3) is 0 Å². The van der Waals surface area contributed by atoms with Crippen LogP contribution in [0.4, 0.5) is 0 Å². The molecule has 144 valence electrons. The molecular weight excluding hydrogens is 855 g/mol. The van der Waals surface area contributed by atoms with Crippen molar-refractivity contribution in [2.24, 2.45) is 5.41 Å². The first kappa shape index (κ1) is 23.5. The average Bonchev–Trinajstić information content (AvgIpc) is 2.64. The Labute approximate surface area is 222 Å². The Morgan fingerprint density at radius 1 is 0.769 bits per heavy atom. The lowest BCUT2D eigenvalue weighted by molar-refractivity contribution is 0.246. The fraction of sp³-hybridized carbons (Fsp3) is 0.556. The minimum atomic E-state index is -0.574. The molecule has 0 bridgehead atoms. The number of fused-ring (bicyclic) bond motifs is 1. The summed E-state index contributed by atoms with van der Waals surface area (Å²) in [6.07, 6.45) is 2.32. The molecule has 0 saturated heterocycles. The van der Waals surface area contributed by atoms with E-state index in [0.717, 1.165) is 0 Å². The third kappa shape index (κ3) is 2.54. The van der Waals surface area contributed by atoms with Gasteiger partial charge in [0.2, 0.25) is 0 Å². The van der Waals surface area contributed by atoms with E-state index in [0.29, 0.717) is 0 Å². The molecule has 8 heteroatoms. The van der Waals surface area contributed by atoms with Crippen LogP contribution in [0.25, 0.3) is 0 Å². The highest BCUT2D eigenvalue weighted by Gasteiger charge is 2.82. The molecule has 0 spiro atoms. The molecule has 0 heterocycles. The third-order valence-corrected chi connectivity index (χ3v) is 22.1. The highest BCUT2D eigenvalue weighted by Crippen LogP contribution is 2.82. The second kappa shape index (κ2) is 6.90. The van der Waals surface area contributed by atoms with Gasteiger partial charge in [-0.2, -0.15) is 0 Å². The lowest BCUT2D eigenvalue weighted by atomic mass is 9.63. The van der Waals surface area contributed by atoms with Crippen molar-refractivity contribution in [3.63, 3.8) is 0 Å². The number of halogens is 8. The zero-order valence-corrected chi connectivity index (χ0v) is 26.8. The molecule has 0 amide bonds. The smallest absolute Gasteiger partial charge is 0.0820 e. The lowest BCUT2D eigenvalue weighted by Gasteiger charge is -2.55. The van der Waals surface area contributed by atoms with E-state index >= 15 is 0 Å². The van der Waals surface area contributed by atoms with Crippen LogP contribution in [0.2, 0.25) is 0 Å². The minimum Gasteiger partial charge on any atom is -0.0820 e. The Balaban J connectivity index is 2.46. The average molecular weight is 872 g/mol. The molecule has 3 atom stereocenters. The topological polar surface area (TPSA) is 0 Å². The van der Waals surface area contributed by atoms with E-state index in [2.05, 4.69) is 185 Å². The number of hydrogen-bond donors (Lipinski definition) is 0. The van der Waals surface area contributed by atoms with Crippen LogP contribution in [0.15, 0.2) is 42.0 Å². The molecule has 2 aliphatic carbocycles. The van der Waals surface area contributed by atoms with E-state index in [1.165, 1.54) is 11.1 Å². The van der Waals surface area contributed by atoms with Crippen LogP contribution in [0, 0.1) is 5.41 Å². The highest BCUT2D eigenvalue weighted by molar-refractivity contribution is 9.31. The van der Waals surface area contributed by atoms with Crippen molar-refractivity contribution >= 4 is 127 Å². The van der Waals surface area contributed by atoms with Gasteiger partial charge in [-0.3, -0.25) is 0 Å². The molecule has 1 fully saturated rings. The van der Waals surface area contributed by atoms with Crippen LogP contribution in [0.5, 0.6) is 0 Å². The van der Waals surface area contributed by atoms with Crippen LogP contribution in [-0.2, 0) is 5.41 Å². The Morgan fingerprint density at radius 2 is 1.27 bits per heavy atom. The van der Waals surface area contributed by atoms with Gasteiger partial charge in [-0.1, -0.05) is 185 Å². The summed E-state index contributed by atoms with van der Waals surface area (Å²) in [4.78, 5) is 0.0437. The van der Waals surface area contributed by atoms with E-state index in [9.17, 15) is 0 Å². The zero-order valence-electron chi connectivity index (χ0n) is 14.1. The van der Waals surface area contributed by atoms with Crippen molar-refractivity contribution < 1.29 is 0 Å². The fourth-order valence-electron chi connectivity index (χ4n) is 4.18. The van der Waals surface area contributed by atoms with Crippen molar-refractivity contribution in [1.82, 2.24) is 0 Å². The van der Waals surface area contributed by atoms with Crippen molar-refractivity contribution in [3.05, 3.63) is 47.5 Å². The molecule has 3 unspecified atom stereocenters. The second-order valence-electron chi connectivity index (χ2n) is 7.53. The van der Waals surface area contributed by atoms with Crippen molar-refractivity contribution in [2.75, 3.05) is 0 Å². The quantitative estimate of drug-likeness (QED) is 0.195. The van der Waals surface area contributed by atoms with E-state index in [1.807, 2.05) is 0 Å². The van der Waals surface area contributed by atoms with Crippen LogP contribution in [0.3, 0.4) is 0 Å². The van der Waals surface area contributed by atoms with Gasteiger partial charge in [0.05, 0.1) is 4.83 Å². The maximum atomic E-state index is 4.18. The molecule has 26 heavy (non-hydrogen) atoms. The molecule has 0 aliphatic heterocycles. The van der Waals surface area contributed by atoms with Gasteiger partial charge < -0.3 is 0 Å². The van der Waals surface area contributed by atoms with Gasteiger partial charge in [0, 0.05) is 10.8 Å². The first-order valence-corrected chi connectivity index (χ1v) is 14.3. The highest BCUT2D eigenvalue weighted by atomic mass is 79.9. The molecule has 0 aromatic heterocycles. The van der Waals surface area contributed by atoms with Crippen molar-refractivity contribution in [3.8, 4) is 0 Å². The molecule has 3 rings (SSSR count). The maximum absolute atomic E-state index is 4.18. The molecule has 0 N–H and O–H groups in total. The summed E-state index contributed by atoms with van der Waals surface area (Å²) in [7, 11) is 0. The van der Waals surface area contributed by atoms with Crippen LogP contribution in [0.1, 0.15) is 26.3 Å². The summed E-state index contributed by atoms with van der Waals surface area (Å²) in [5.41, 5.74) is 2.14. The number of alkyl halides is 8. The molecule has 1 aromatic carbocycles. The van der Waals surface area contributed by atoms with Gasteiger partial charge in [0.1, 0.15) is 14.0 Å². The van der Waals surface area contributed by atoms with Gasteiger partial charge in [-0.05, 0) is 11.1 Å². The Morgan fingerprint density at radius 3 is 1.77 bits per heavy atom. The van der Waals surface area contributed by atoms with Gasteiger partial charge in [-0.25, -0.2) is 0 Å². The monoisotopic (exact) mass is 863 g/mol. The summed E-state index contributed by atoms with van der Waals surface area (Å²) in [5, 5.41) is 0. The largest absolute Gasteiger partial charge is 0.128 e. The standard InChI is InChI=1S/C18H16Br8/c1-13(2)14(3,10-7-5-4-6-8-10)11-9-12(19)16(21,22)18(25,26)15(11,20)17(13,23)24/h4-9,12H,1-3H3. The Hall–Kier alpha value is 2.80. The van der Waals surface area contributed by atoms with Gasteiger partial charge in [0.15, 0.2) is 0 Å². The van der Waals surface area contributed by atoms with Gasteiger partial charge >= 0.3 is 0 Å².